The van der Waals surface area contributed by atoms with E-state index in [-0.39, 0.29) is 57.8 Å². The van der Waals surface area contributed by atoms with E-state index in [1.54, 1.807) is 0 Å². The molecule has 0 spiro atoms. The van der Waals surface area contributed by atoms with E-state index in [1.807, 2.05) is 6.08 Å². The molecule has 2 saturated heterocycles. The molecule has 0 aliphatic carbocycles. The number of ether oxygens (including phenoxy) is 2. The van der Waals surface area contributed by atoms with E-state index in [0.717, 1.165) is 44.9 Å². The molecule has 2 heterocycles. The summed E-state index contributed by atoms with van der Waals surface area (Å²) in [6.45, 7) is 41.9. The zero-order valence-electron chi connectivity index (χ0n) is 37.0. The van der Waals surface area contributed by atoms with Gasteiger partial charge < -0.3 is 22.8 Å². The Morgan fingerprint density at radius 2 is 0.863 bits per heavy atom. The van der Waals surface area contributed by atoms with Crippen molar-refractivity contribution in [1.82, 2.24) is 0 Å². The zero-order valence-corrected chi connectivity index (χ0v) is 40.0. The Labute approximate surface area is 321 Å². The molecule has 0 saturated carbocycles. The maximum Gasteiger partial charge on any atom is 0.192 e. The van der Waals surface area contributed by atoms with Crippen LogP contribution in [0.4, 0.5) is 0 Å². The molecule has 5 nitrogen and oxygen atoms in total. The highest BCUT2D eigenvalue weighted by Crippen LogP contribution is 2.44. The third-order valence-corrected chi connectivity index (χ3v) is 27.0. The van der Waals surface area contributed by atoms with Crippen molar-refractivity contribution < 1.29 is 22.8 Å². The van der Waals surface area contributed by atoms with E-state index in [9.17, 15) is 0 Å². The van der Waals surface area contributed by atoms with Gasteiger partial charge in [-0.25, -0.2) is 0 Å². The fourth-order valence-corrected chi connectivity index (χ4v) is 10.9. The predicted octanol–water partition coefficient (Wildman–Crippen LogP) is 13.7. The highest BCUT2D eigenvalue weighted by molar-refractivity contribution is 6.75. The van der Waals surface area contributed by atoms with Crippen molar-refractivity contribution in [2.75, 3.05) is 0 Å². The first kappa shape index (κ1) is 47.3. The van der Waals surface area contributed by atoms with Gasteiger partial charge in [0.05, 0.1) is 42.7 Å². The molecule has 2 aliphatic heterocycles. The van der Waals surface area contributed by atoms with Crippen LogP contribution in [0.1, 0.15) is 166 Å². The van der Waals surface area contributed by atoms with Crippen LogP contribution >= 0.6 is 0 Å². The molecule has 0 aromatic rings. The fourth-order valence-electron chi connectivity index (χ4n) is 6.81. The minimum atomic E-state index is -2.07. The largest absolute Gasteiger partial charge is 0.411 e. The van der Waals surface area contributed by atoms with Crippen LogP contribution in [0.3, 0.4) is 0 Å². The molecule has 0 amide bonds. The zero-order chi connectivity index (χ0) is 38.9. The minimum absolute atomic E-state index is 0.0367. The summed E-state index contributed by atoms with van der Waals surface area (Å²) in [5, 5.41) is 0.424. The first-order valence-corrected chi connectivity index (χ1v) is 30.0. The summed E-state index contributed by atoms with van der Waals surface area (Å²) in [4.78, 5) is 0. The number of hydrogen-bond donors (Lipinski definition) is 0. The summed E-state index contributed by atoms with van der Waals surface area (Å²) in [6, 6.07) is 0. The molecular formula is C43H88O5Si3. The third kappa shape index (κ3) is 14.7. The average Bonchev–Trinajstić information content (AvgIpc) is 3.68. The van der Waals surface area contributed by atoms with E-state index >= 15 is 0 Å². The summed E-state index contributed by atoms with van der Waals surface area (Å²) in [5.74, 6) is 0. The second-order valence-corrected chi connectivity index (χ2v) is 35.2. The van der Waals surface area contributed by atoms with Gasteiger partial charge in [-0.15, -0.1) is 6.58 Å². The smallest absolute Gasteiger partial charge is 0.192 e. The topological polar surface area (TPSA) is 46.2 Å². The van der Waals surface area contributed by atoms with Gasteiger partial charge in [-0.05, 0) is 99.3 Å². The third-order valence-electron chi connectivity index (χ3n) is 13.5. The fraction of sp³-hybridized carbons (Fsp3) is 0.953. The number of unbranched alkanes of at least 4 members (excludes halogenated alkanes) is 7. The van der Waals surface area contributed by atoms with Crippen molar-refractivity contribution in [2.45, 2.75) is 263 Å². The van der Waals surface area contributed by atoms with Crippen LogP contribution in [-0.4, -0.2) is 67.7 Å². The van der Waals surface area contributed by atoms with Crippen LogP contribution < -0.4 is 0 Å². The molecule has 0 aromatic carbocycles. The lowest BCUT2D eigenvalue weighted by Crippen LogP contribution is -2.50. The average molecular weight is 769 g/mol. The second-order valence-electron chi connectivity index (χ2n) is 20.9. The highest BCUT2D eigenvalue weighted by Gasteiger charge is 2.47. The molecule has 2 aliphatic rings. The molecule has 51 heavy (non-hydrogen) atoms. The Balaban J connectivity index is 2.29. The van der Waals surface area contributed by atoms with Crippen LogP contribution in [0, 0.1) is 0 Å². The van der Waals surface area contributed by atoms with E-state index in [2.05, 4.69) is 115 Å². The van der Waals surface area contributed by atoms with Gasteiger partial charge in [-0.1, -0.05) is 127 Å². The van der Waals surface area contributed by atoms with Crippen LogP contribution in [-0.2, 0) is 22.8 Å². The lowest BCUT2D eigenvalue weighted by Gasteiger charge is -2.43. The van der Waals surface area contributed by atoms with Crippen molar-refractivity contribution >= 4 is 25.0 Å². The van der Waals surface area contributed by atoms with E-state index in [1.165, 1.54) is 51.4 Å². The molecular weight excluding hydrogens is 681 g/mol. The molecule has 8 heteroatoms. The molecule has 7 atom stereocenters. The Hall–Kier alpha value is 0.191. The standard InChI is InChI=1S/C43H88O5Si3/c1-18-20-21-22-23-24-25-26-27-38(46-49(12,13)41(3,4)5)36-30-31-37(45-36)40(48-51(16,17)43(9,10)11)33-32-39(35-29-28-34(19-2)44-35)47-50(14,15)42(6,7)8/h19,34-40H,2,18,20-33H2,1,3-17H3/t34-,35-,36+,37-,38-,39-,40-/m0/s1. The summed E-state index contributed by atoms with van der Waals surface area (Å²) in [5.41, 5.74) is 0. The maximum atomic E-state index is 7.36. The van der Waals surface area contributed by atoms with Gasteiger partial charge in [0.2, 0.25) is 0 Å². The Morgan fingerprint density at radius 3 is 1.22 bits per heavy atom. The molecule has 0 N–H and O–H groups in total. The predicted molar refractivity (Wildman–Crippen MR) is 229 cm³/mol. The van der Waals surface area contributed by atoms with Gasteiger partial charge in [-0.2, -0.15) is 0 Å². The summed E-state index contributed by atoms with van der Waals surface area (Å²) < 4.78 is 35.5. The van der Waals surface area contributed by atoms with Gasteiger partial charge in [0.15, 0.2) is 25.0 Å². The van der Waals surface area contributed by atoms with Crippen molar-refractivity contribution in [3.05, 3.63) is 12.7 Å². The Kier molecular flexibility index (Phi) is 18.4. The molecule has 2 rings (SSSR count). The SMILES string of the molecule is C=C[C@H]1CC[C@@H]([C@H](CC[C@H](O[Si](C)(C)C(C)(C)C)[C@@H]2CC[C@H]([C@H](CCCCCCCCCC)O[Si](C)(C)C(C)(C)C)O2)O[Si](C)(C)C(C)(C)C)O1. The van der Waals surface area contributed by atoms with Crippen molar-refractivity contribution in [3.8, 4) is 0 Å². The maximum absolute atomic E-state index is 7.36. The second kappa shape index (κ2) is 19.9. The number of rotatable bonds is 22. The van der Waals surface area contributed by atoms with Gasteiger partial charge in [-0.3, -0.25) is 0 Å². The van der Waals surface area contributed by atoms with Gasteiger partial charge in [0, 0.05) is 0 Å². The van der Waals surface area contributed by atoms with E-state index < -0.39 is 25.0 Å². The number of hydrogen-bond acceptors (Lipinski definition) is 5. The van der Waals surface area contributed by atoms with Crippen LogP contribution in [0.2, 0.25) is 54.4 Å². The summed E-state index contributed by atoms with van der Waals surface area (Å²) in [7, 11) is -6.06. The van der Waals surface area contributed by atoms with Crippen LogP contribution in [0.5, 0.6) is 0 Å². The molecule has 0 bridgehead atoms. The van der Waals surface area contributed by atoms with E-state index in [0.29, 0.717) is 0 Å². The van der Waals surface area contributed by atoms with Crippen LogP contribution in [0.15, 0.2) is 12.7 Å². The Bertz CT molecular complexity index is 1010. The van der Waals surface area contributed by atoms with Crippen LogP contribution in [0.25, 0.3) is 0 Å². The summed E-state index contributed by atoms with van der Waals surface area (Å²) in [6.07, 6.45) is 20.4. The van der Waals surface area contributed by atoms with Crippen molar-refractivity contribution in [2.24, 2.45) is 0 Å². The summed E-state index contributed by atoms with van der Waals surface area (Å²) >= 11 is 0. The molecule has 302 valence electrons. The quantitative estimate of drug-likeness (QED) is 0.0623. The molecule has 0 radical (unpaired) electrons. The van der Waals surface area contributed by atoms with Gasteiger partial charge in [0.25, 0.3) is 0 Å². The monoisotopic (exact) mass is 769 g/mol. The van der Waals surface area contributed by atoms with E-state index in [4.69, 9.17) is 22.8 Å². The molecule has 0 unspecified atom stereocenters. The Morgan fingerprint density at radius 1 is 0.529 bits per heavy atom. The molecule has 0 aromatic heterocycles. The normalized spacial score (nSPS) is 24.5. The lowest BCUT2D eigenvalue weighted by molar-refractivity contribution is -0.0765. The van der Waals surface area contributed by atoms with Gasteiger partial charge >= 0.3 is 0 Å². The highest BCUT2D eigenvalue weighted by atomic mass is 28.4. The van der Waals surface area contributed by atoms with Gasteiger partial charge in [0.1, 0.15) is 0 Å². The minimum Gasteiger partial charge on any atom is -0.411 e. The lowest BCUT2D eigenvalue weighted by atomic mass is 9.99. The van der Waals surface area contributed by atoms with Crippen molar-refractivity contribution in [3.63, 3.8) is 0 Å². The molecule has 2 fully saturated rings. The first-order chi connectivity index (χ1) is 23.3. The van der Waals surface area contributed by atoms with Crippen molar-refractivity contribution in [1.29, 1.82) is 0 Å². The first-order valence-electron chi connectivity index (χ1n) is 21.3.